The Morgan fingerprint density at radius 3 is 2.52 bits per heavy atom. The predicted octanol–water partition coefficient (Wildman–Crippen LogP) is 4.14. The lowest BCUT2D eigenvalue weighted by molar-refractivity contribution is -0.115. The van der Waals surface area contributed by atoms with Gasteiger partial charge in [0.15, 0.2) is 0 Å². The number of halogens is 1. The van der Waals surface area contributed by atoms with Crippen LogP contribution in [-0.4, -0.2) is 29.6 Å². The van der Waals surface area contributed by atoms with Crippen LogP contribution >= 0.6 is 23.4 Å². The summed E-state index contributed by atoms with van der Waals surface area (Å²) in [6.45, 7) is 1.91. The number of hydrogen-bond acceptors (Lipinski definition) is 3. The summed E-state index contributed by atoms with van der Waals surface area (Å²) in [7, 11) is 1.71. The highest BCUT2D eigenvalue weighted by Gasteiger charge is 2.20. The third-order valence-corrected chi connectivity index (χ3v) is 5.20. The summed E-state index contributed by atoms with van der Waals surface area (Å²) in [5, 5.41) is 3.49. The quantitative estimate of drug-likeness (QED) is 0.743. The number of urea groups is 1. The summed E-state index contributed by atoms with van der Waals surface area (Å²) in [4.78, 5) is 26.0. The second kappa shape index (κ2) is 8.78. The minimum Gasteiger partial charge on any atom is -0.369 e. The highest BCUT2D eigenvalue weighted by Crippen LogP contribution is 2.29. The van der Waals surface area contributed by atoms with Crippen molar-refractivity contribution in [3.63, 3.8) is 0 Å². The van der Waals surface area contributed by atoms with Gasteiger partial charge < -0.3 is 16.0 Å². The zero-order valence-electron chi connectivity index (χ0n) is 14.0. The summed E-state index contributed by atoms with van der Waals surface area (Å²) in [5.41, 5.74) is 6.70. The molecule has 2 aromatic carbocycles. The van der Waals surface area contributed by atoms with E-state index in [-0.39, 0.29) is 17.8 Å². The number of carbonyl (C=O) groups is 2. The van der Waals surface area contributed by atoms with Crippen molar-refractivity contribution in [1.29, 1.82) is 0 Å². The molecule has 7 heteroatoms. The Labute approximate surface area is 156 Å². The van der Waals surface area contributed by atoms with Crippen molar-refractivity contribution in [2.24, 2.45) is 5.73 Å². The van der Waals surface area contributed by atoms with Crippen LogP contribution in [0.4, 0.5) is 10.5 Å². The van der Waals surface area contributed by atoms with E-state index in [4.69, 9.17) is 17.3 Å². The number of para-hydroxylation sites is 1. The Morgan fingerprint density at radius 1 is 1.20 bits per heavy atom. The van der Waals surface area contributed by atoms with Crippen LogP contribution in [0.2, 0.25) is 5.02 Å². The fourth-order valence-electron chi connectivity index (χ4n) is 2.25. The van der Waals surface area contributed by atoms with E-state index in [0.29, 0.717) is 10.7 Å². The molecule has 0 fully saturated rings. The normalized spacial score (nSPS) is 11.6. The highest BCUT2D eigenvalue weighted by molar-refractivity contribution is 8.00. The van der Waals surface area contributed by atoms with E-state index >= 15 is 0 Å². The van der Waals surface area contributed by atoms with Crippen LogP contribution in [0.1, 0.15) is 18.5 Å². The van der Waals surface area contributed by atoms with Crippen LogP contribution in [0.3, 0.4) is 0 Å². The van der Waals surface area contributed by atoms with E-state index in [1.165, 1.54) is 11.8 Å². The van der Waals surface area contributed by atoms with Gasteiger partial charge in [-0.3, -0.25) is 4.79 Å². The Morgan fingerprint density at radius 2 is 1.84 bits per heavy atom. The van der Waals surface area contributed by atoms with Crippen molar-refractivity contribution in [2.75, 3.05) is 18.1 Å². The number of nitrogens with zero attached hydrogens (tertiary/aromatic N) is 1. The first-order valence-corrected chi connectivity index (χ1v) is 9.05. The molecular weight excluding hydrogens is 358 g/mol. The molecule has 3 N–H and O–H groups in total. The number of anilines is 1. The molecule has 1 atom stereocenters. The van der Waals surface area contributed by atoms with Crippen LogP contribution in [0.5, 0.6) is 0 Å². The minimum absolute atomic E-state index is 0.152. The highest BCUT2D eigenvalue weighted by atomic mass is 35.5. The van der Waals surface area contributed by atoms with Crippen LogP contribution in [0.15, 0.2) is 53.4 Å². The van der Waals surface area contributed by atoms with E-state index < -0.39 is 5.91 Å². The van der Waals surface area contributed by atoms with E-state index in [2.05, 4.69) is 5.32 Å². The zero-order chi connectivity index (χ0) is 18.4. The van der Waals surface area contributed by atoms with E-state index in [1.807, 2.05) is 43.3 Å². The van der Waals surface area contributed by atoms with Crippen molar-refractivity contribution < 1.29 is 9.59 Å². The maximum atomic E-state index is 12.6. The largest absolute Gasteiger partial charge is 0.369 e. The topological polar surface area (TPSA) is 75.4 Å². The molecule has 0 bridgehead atoms. The first-order valence-electron chi connectivity index (χ1n) is 7.68. The van der Waals surface area contributed by atoms with Gasteiger partial charge in [0.05, 0.1) is 17.5 Å². The van der Waals surface area contributed by atoms with Crippen LogP contribution in [0, 0.1) is 0 Å². The number of benzene rings is 2. The van der Waals surface area contributed by atoms with Gasteiger partial charge in [0.25, 0.3) is 0 Å². The molecule has 25 heavy (non-hydrogen) atoms. The molecule has 0 spiro atoms. The van der Waals surface area contributed by atoms with Crippen molar-refractivity contribution in [3.05, 3.63) is 59.1 Å². The second-order valence-electron chi connectivity index (χ2n) is 5.49. The molecule has 0 aliphatic heterocycles. The SMILES string of the molecule is C[C@@H](c1ccccc1Cl)N(C)C(=O)Nc1ccccc1SCC(N)=O. The number of amides is 3. The predicted molar refractivity (Wildman–Crippen MR) is 103 cm³/mol. The first kappa shape index (κ1) is 19.1. The van der Waals surface area contributed by atoms with E-state index in [1.54, 1.807) is 24.1 Å². The number of rotatable bonds is 6. The van der Waals surface area contributed by atoms with Crippen LogP contribution < -0.4 is 11.1 Å². The van der Waals surface area contributed by atoms with Gasteiger partial charge in [-0.25, -0.2) is 4.79 Å². The monoisotopic (exact) mass is 377 g/mol. The molecule has 0 aliphatic rings. The molecule has 2 aromatic rings. The lowest BCUT2D eigenvalue weighted by Crippen LogP contribution is -2.33. The average molecular weight is 378 g/mol. The molecule has 0 aromatic heterocycles. The minimum atomic E-state index is -0.407. The number of nitrogens with two attached hydrogens (primary N) is 1. The van der Waals surface area contributed by atoms with E-state index in [0.717, 1.165) is 10.5 Å². The van der Waals surface area contributed by atoms with Crippen molar-refractivity contribution in [2.45, 2.75) is 17.9 Å². The van der Waals surface area contributed by atoms with Gasteiger partial charge in [-0.2, -0.15) is 0 Å². The molecule has 0 saturated carbocycles. The molecular formula is C18H20ClN3O2S. The third-order valence-electron chi connectivity index (χ3n) is 3.76. The Bertz CT molecular complexity index is 769. The average Bonchev–Trinajstić information content (AvgIpc) is 2.60. The van der Waals surface area contributed by atoms with E-state index in [9.17, 15) is 9.59 Å². The van der Waals surface area contributed by atoms with Gasteiger partial charge >= 0.3 is 6.03 Å². The Kier molecular flexibility index (Phi) is 6.73. The number of hydrogen-bond donors (Lipinski definition) is 2. The third kappa shape index (κ3) is 5.14. The Balaban J connectivity index is 2.11. The fraction of sp³-hybridized carbons (Fsp3) is 0.222. The van der Waals surface area contributed by atoms with Crippen LogP contribution in [-0.2, 0) is 4.79 Å². The Hall–Kier alpha value is -2.18. The van der Waals surface area contributed by atoms with Gasteiger partial charge in [0.2, 0.25) is 5.91 Å². The number of nitrogens with one attached hydrogen (secondary N) is 1. The second-order valence-corrected chi connectivity index (χ2v) is 6.91. The van der Waals surface area contributed by atoms with Crippen molar-refractivity contribution in [1.82, 2.24) is 4.90 Å². The summed E-state index contributed by atoms with van der Waals surface area (Å²) >= 11 is 7.51. The molecule has 0 heterocycles. The number of carbonyl (C=O) groups excluding carboxylic acids is 2. The van der Waals surface area contributed by atoms with Crippen molar-refractivity contribution in [3.8, 4) is 0 Å². The lowest BCUT2D eigenvalue weighted by Gasteiger charge is -2.26. The first-order chi connectivity index (χ1) is 11.9. The summed E-state index contributed by atoms with van der Waals surface area (Å²) in [6.07, 6.45) is 0. The van der Waals surface area contributed by atoms with Gasteiger partial charge in [-0.1, -0.05) is 41.9 Å². The fourth-order valence-corrected chi connectivity index (χ4v) is 3.29. The van der Waals surface area contributed by atoms with Gasteiger partial charge in [0.1, 0.15) is 0 Å². The molecule has 2 rings (SSSR count). The molecule has 0 saturated heterocycles. The standard InChI is InChI=1S/C18H20ClN3O2S/c1-12(13-7-3-4-8-14(13)19)22(2)18(24)21-15-9-5-6-10-16(15)25-11-17(20)23/h3-10,12H,11H2,1-2H3,(H2,20,23)(H,21,24)/t12-/m0/s1. The number of thioether (sulfide) groups is 1. The van der Waals surface area contributed by atoms with Gasteiger partial charge in [0, 0.05) is 17.0 Å². The molecule has 0 unspecified atom stereocenters. The smallest absolute Gasteiger partial charge is 0.322 e. The van der Waals surface area contributed by atoms with Crippen LogP contribution in [0.25, 0.3) is 0 Å². The van der Waals surface area contributed by atoms with Gasteiger partial charge in [-0.05, 0) is 30.7 Å². The molecule has 3 amide bonds. The summed E-state index contributed by atoms with van der Waals surface area (Å²) < 4.78 is 0. The molecule has 0 aliphatic carbocycles. The summed E-state index contributed by atoms with van der Waals surface area (Å²) in [6, 6.07) is 14.3. The molecule has 0 radical (unpaired) electrons. The molecule has 132 valence electrons. The lowest BCUT2D eigenvalue weighted by atomic mass is 10.1. The maximum absolute atomic E-state index is 12.6. The van der Waals surface area contributed by atoms with Crippen molar-refractivity contribution >= 4 is 41.0 Å². The van der Waals surface area contributed by atoms with Gasteiger partial charge in [-0.15, -0.1) is 11.8 Å². The molecule has 5 nitrogen and oxygen atoms in total. The number of primary amides is 1. The summed E-state index contributed by atoms with van der Waals surface area (Å²) in [5.74, 6) is -0.255. The maximum Gasteiger partial charge on any atom is 0.322 e. The zero-order valence-corrected chi connectivity index (χ0v) is 15.6.